The molecule has 0 radical (unpaired) electrons. The summed E-state index contributed by atoms with van der Waals surface area (Å²) in [7, 11) is -2.81. The second-order valence-electron chi connectivity index (χ2n) is 7.20. The van der Waals surface area contributed by atoms with Gasteiger partial charge in [-0.2, -0.15) is 0 Å². The first-order valence-electron chi connectivity index (χ1n) is 6.80. The van der Waals surface area contributed by atoms with Gasteiger partial charge in [-0.15, -0.1) is 0 Å². The molecule has 0 amide bonds. The fourth-order valence-electron chi connectivity index (χ4n) is 2.44. The molecule has 1 rings (SSSR count). The van der Waals surface area contributed by atoms with Gasteiger partial charge in [-0.25, -0.2) is 8.42 Å². The van der Waals surface area contributed by atoms with E-state index in [0.29, 0.717) is 34.7 Å². The van der Waals surface area contributed by atoms with Crippen LogP contribution < -0.4 is 0 Å². The Bertz CT molecular complexity index is 330. The van der Waals surface area contributed by atoms with E-state index in [0.717, 1.165) is 19.3 Å². The molecule has 0 atom stereocenters. The van der Waals surface area contributed by atoms with E-state index in [2.05, 4.69) is 34.6 Å². The highest BCUT2D eigenvalue weighted by Gasteiger charge is 2.38. The van der Waals surface area contributed by atoms with E-state index in [1.165, 1.54) is 0 Å². The Labute approximate surface area is 107 Å². The van der Waals surface area contributed by atoms with Gasteiger partial charge in [-0.3, -0.25) is 0 Å². The summed E-state index contributed by atoms with van der Waals surface area (Å²) >= 11 is 0. The van der Waals surface area contributed by atoms with Gasteiger partial charge < -0.3 is 0 Å². The van der Waals surface area contributed by atoms with Crippen molar-refractivity contribution in [3.05, 3.63) is 0 Å². The van der Waals surface area contributed by atoms with Gasteiger partial charge >= 0.3 is 0 Å². The van der Waals surface area contributed by atoms with Gasteiger partial charge in [-0.05, 0) is 42.4 Å². The largest absolute Gasteiger partial charge is 0.229 e. The number of hydrogen-bond acceptors (Lipinski definition) is 2. The molecule has 17 heavy (non-hydrogen) atoms. The monoisotopic (exact) mass is 260 g/mol. The maximum Gasteiger partial charge on any atom is 0.150 e. The predicted molar refractivity (Wildman–Crippen MR) is 73.8 cm³/mol. The third-order valence-electron chi connectivity index (χ3n) is 3.96. The van der Waals surface area contributed by atoms with Crippen LogP contribution in [0.3, 0.4) is 0 Å². The van der Waals surface area contributed by atoms with E-state index in [4.69, 9.17) is 0 Å². The minimum atomic E-state index is -2.81. The first kappa shape index (κ1) is 15.0. The van der Waals surface area contributed by atoms with Gasteiger partial charge in [0.05, 0.1) is 11.5 Å². The molecule has 1 fully saturated rings. The zero-order valence-electron chi connectivity index (χ0n) is 12.0. The molecular weight excluding hydrogens is 232 g/mol. The standard InChI is InChI=1S/C14H28O2S/c1-11(2)6-7-17(15,16)10-12-8-13(9-12)14(3,4)5/h11-13H,6-10H2,1-5H3. The summed E-state index contributed by atoms with van der Waals surface area (Å²) < 4.78 is 23.8. The van der Waals surface area contributed by atoms with Crippen molar-refractivity contribution in [2.24, 2.45) is 23.2 Å². The first-order valence-corrected chi connectivity index (χ1v) is 8.62. The van der Waals surface area contributed by atoms with Crippen molar-refractivity contribution in [2.45, 2.75) is 53.9 Å². The zero-order valence-corrected chi connectivity index (χ0v) is 12.8. The van der Waals surface area contributed by atoms with Crippen molar-refractivity contribution >= 4 is 9.84 Å². The topological polar surface area (TPSA) is 34.1 Å². The molecule has 0 aromatic carbocycles. The summed E-state index contributed by atoms with van der Waals surface area (Å²) in [5.74, 6) is 2.42. The van der Waals surface area contributed by atoms with Crippen molar-refractivity contribution in [3.63, 3.8) is 0 Å². The highest BCUT2D eigenvalue weighted by molar-refractivity contribution is 7.91. The Morgan fingerprint density at radius 1 is 1.18 bits per heavy atom. The van der Waals surface area contributed by atoms with Crippen LogP contribution in [0, 0.1) is 23.2 Å². The predicted octanol–water partition coefficient (Wildman–Crippen LogP) is 3.52. The van der Waals surface area contributed by atoms with Crippen LogP contribution in [0.1, 0.15) is 53.9 Å². The Morgan fingerprint density at radius 3 is 2.12 bits per heavy atom. The van der Waals surface area contributed by atoms with Crippen LogP contribution in [0.25, 0.3) is 0 Å². The minimum Gasteiger partial charge on any atom is -0.229 e. The maximum absolute atomic E-state index is 11.9. The van der Waals surface area contributed by atoms with Crippen LogP contribution in [-0.4, -0.2) is 19.9 Å². The second-order valence-corrected chi connectivity index (χ2v) is 9.43. The summed E-state index contributed by atoms with van der Waals surface area (Å²) in [6.07, 6.45) is 3.01. The van der Waals surface area contributed by atoms with Crippen molar-refractivity contribution < 1.29 is 8.42 Å². The summed E-state index contributed by atoms with van der Waals surface area (Å²) in [5, 5.41) is 0. The molecule has 0 bridgehead atoms. The Kier molecular flexibility index (Phi) is 4.67. The molecule has 1 saturated carbocycles. The van der Waals surface area contributed by atoms with Crippen LogP contribution in [0.4, 0.5) is 0 Å². The average molecular weight is 260 g/mol. The normalized spacial score (nSPS) is 26.0. The smallest absolute Gasteiger partial charge is 0.150 e. The van der Waals surface area contributed by atoms with Crippen LogP contribution in [-0.2, 0) is 9.84 Å². The highest BCUT2D eigenvalue weighted by Crippen LogP contribution is 2.45. The molecule has 102 valence electrons. The first-order chi connectivity index (χ1) is 7.60. The third-order valence-corrected chi connectivity index (χ3v) is 5.79. The lowest BCUT2D eigenvalue weighted by molar-refractivity contribution is 0.0879. The molecule has 3 heteroatoms. The van der Waals surface area contributed by atoms with E-state index in [-0.39, 0.29) is 0 Å². The van der Waals surface area contributed by atoms with Crippen molar-refractivity contribution in [1.82, 2.24) is 0 Å². The molecule has 2 nitrogen and oxygen atoms in total. The van der Waals surface area contributed by atoms with Gasteiger partial charge in [-0.1, -0.05) is 34.6 Å². The lowest BCUT2D eigenvalue weighted by Crippen LogP contribution is -2.37. The zero-order chi connectivity index (χ0) is 13.3. The molecule has 1 aliphatic rings. The van der Waals surface area contributed by atoms with Crippen LogP contribution >= 0.6 is 0 Å². The maximum atomic E-state index is 11.9. The highest BCUT2D eigenvalue weighted by atomic mass is 32.2. The molecule has 0 aromatic rings. The lowest BCUT2D eigenvalue weighted by Gasteiger charge is -2.43. The number of sulfone groups is 1. The van der Waals surface area contributed by atoms with E-state index < -0.39 is 9.84 Å². The summed E-state index contributed by atoms with van der Waals surface area (Å²) in [5.41, 5.74) is 0.345. The van der Waals surface area contributed by atoms with Gasteiger partial charge in [0.25, 0.3) is 0 Å². The van der Waals surface area contributed by atoms with E-state index in [1.54, 1.807) is 0 Å². The summed E-state index contributed by atoms with van der Waals surface area (Å²) in [6.45, 7) is 10.9. The summed E-state index contributed by atoms with van der Waals surface area (Å²) in [4.78, 5) is 0. The van der Waals surface area contributed by atoms with Crippen LogP contribution in [0.2, 0.25) is 0 Å². The van der Waals surface area contributed by atoms with Crippen molar-refractivity contribution in [2.75, 3.05) is 11.5 Å². The van der Waals surface area contributed by atoms with Gasteiger partial charge in [0.1, 0.15) is 0 Å². The Balaban J connectivity index is 2.33. The van der Waals surface area contributed by atoms with E-state index >= 15 is 0 Å². The molecule has 0 unspecified atom stereocenters. The minimum absolute atomic E-state index is 0.345. The third kappa shape index (κ3) is 4.99. The fraction of sp³-hybridized carbons (Fsp3) is 1.00. The molecular formula is C14H28O2S. The average Bonchev–Trinajstić information content (AvgIpc) is 2.05. The molecule has 0 N–H and O–H groups in total. The van der Waals surface area contributed by atoms with Crippen LogP contribution in [0.5, 0.6) is 0 Å². The Hall–Kier alpha value is -0.0500. The number of hydrogen-bond donors (Lipinski definition) is 0. The quantitative estimate of drug-likeness (QED) is 0.758. The fourth-order valence-corrected chi connectivity index (χ4v) is 4.42. The number of rotatable bonds is 5. The van der Waals surface area contributed by atoms with E-state index in [1.807, 2.05) is 0 Å². The molecule has 0 aliphatic heterocycles. The van der Waals surface area contributed by atoms with Crippen molar-refractivity contribution in [3.8, 4) is 0 Å². The molecule has 1 aliphatic carbocycles. The Morgan fingerprint density at radius 2 is 1.71 bits per heavy atom. The van der Waals surface area contributed by atoms with Gasteiger partial charge in [0.15, 0.2) is 9.84 Å². The lowest BCUT2D eigenvalue weighted by atomic mass is 9.64. The SMILES string of the molecule is CC(C)CCS(=O)(=O)CC1CC(C(C)(C)C)C1. The molecule has 0 heterocycles. The molecule has 0 aromatic heterocycles. The van der Waals surface area contributed by atoms with E-state index in [9.17, 15) is 8.42 Å². The van der Waals surface area contributed by atoms with Gasteiger partial charge in [0, 0.05) is 0 Å². The second kappa shape index (κ2) is 5.29. The molecule has 0 saturated heterocycles. The van der Waals surface area contributed by atoms with Gasteiger partial charge in [0.2, 0.25) is 0 Å². The van der Waals surface area contributed by atoms with Crippen molar-refractivity contribution in [1.29, 1.82) is 0 Å². The molecule has 0 spiro atoms. The van der Waals surface area contributed by atoms with Crippen LogP contribution in [0.15, 0.2) is 0 Å². The summed E-state index contributed by atoms with van der Waals surface area (Å²) in [6, 6.07) is 0.